The van der Waals surface area contributed by atoms with Gasteiger partial charge in [-0.3, -0.25) is 0 Å². The molecule has 1 aromatic rings. The van der Waals surface area contributed by atoms with Crippen LogP contribution in [0.25, 0.3) is 0 Å². The summed E-state index contributed by atoms with van der Waals surface area (Å²) in [5.41, 5.74) is 0.933. The number of carboxylic acids is 1. The van der Waals surface area contributed by atoms with Crippen molar-refractivity contribution in [1.82, 2.24) is 4.90 Å². The fourth-order valence-corrected chi connectivity index (χ4v) is 1.96. The third-order valence-corrected chi connectivity index (χ3v) is 2.88. The van der Waals surface area contributed by atoms with Crippen molar-refractivity contribution in [3.63, 3.8) is 0 Å². The molecule has 6 nitrogen and oxygen atoms in total. The minimum atomic E-state index is -1.08. The first-order chi connectivity index (χ1) is 9.51. The number of amides is 2. The monoisotopic (exact) mass is 280 g/mol. The van der Waals surface area contributed by atoms with Gasteiger partial charge in [0.25, 0.3) is 0 Å². The van der Waals surface area contributed by atoms with E-state index in [4.69, 9.17) is 5.11 Å². The van der Waals surface area contributed by atoms with Gasteiger partial charge in [-0.05, 0) is 25.0 Å². The first-order valence-electron chi connectivity index (χ1n) is 6.51. The Kier molecular flexibility index (Phi) is 5.99. The number of aliphatic hydroxyl groups excluding tert-OH is 1. The number of anilines is 1. The van der Waals surface area contributed by atoms with E-state index in [0.29, 0.717) is 12.1 Å². The van der Waals surface area contributed by atoms with Crippen LogP contribution in [0, 0.1) is 6.92 Å². The van der Waals surface area contributed by atoms with Crippen LogP contribution >= 0.6 is 0 Å². The number of nitrogens with one attached hydrogen (secondary N) is 1. The van der Waals surface area contributed by atoms with E-state index < -0.39 is 12.0 Å². The number of hydrogen-bond donors (Lipinski definition) is 3. The summed E-state index contributed by atoms with van der Waals surface area (Å²) in [6, 6.07) is 4.51. The maximum absolute atomic E-state index is 12.1. The molecule has 0 fully saturated rings. The van der Waals surface area contributed by atoms with Crippen LogP contribution in [-0.4, -0.2) is 46.8 Å². The second kappa shape index (κ2) is 7.49. The summed E-state index contributed by atoms with van der Waals surface area (Å²) in [4.78, 5) is 24.8. The van der Waals surface area contributed by atoms with Gasteiger partial charge in [0.05, 0.1) is 17.9 Å². The third kappa shape index (κ3) is 3.96. The van der Waals surface area contributed by atoms with Crippen LogP contribution < -0.4 is 5.32 Å². The number of aryl methyl sites for hydroxylation is 1. The van der Waals surface area contributed by atoms with Gasteiger partial charge in [-0.2, -0.15) is 0 Å². The van der Waals surface area contributed by atoms with Gasteiger partial charge in [0.2, 0.25) is 0 Å². The molecule has 0 radical (unpaired) electrons. The van der Waals surface area contributed by atoms with Crippen molar-refractivity contribution in [2.45, 2.75) is 20.3 Å². The van der Waals surface area contributed by atoms with Crippen molar-refractivity contribution in [1.29, 1.82) is 0 Å². The first-order valence-corrected chi connectivity index (χ1v) is 6.51. The number of carbonyl (C=O) groups is 2. The van der Waals surface area contributed by atoms with Crippen molar-refractivity contribution >= 4 is 17.7 Å². The lowest BCUT2D eigenvalue weighted by Crippen LogP contribution is -2.37. The minimum absolute atomic E-state index is 0.0845. The third-order valence-electron chi connectivity index (χ3n) is 2.88. The summed E-state index contributed by atoms with van der Waals surface area (Å²) in [5.74, 6) is -1.08. The second-order valence-corrected chi connectivity index (χ2v) is 4.44. The van der Waals surface area contributed by atoms with Gasteiger partial charge in [0, 0.05) is 13.1 Å². The molecule has 1 rings (SSSR count). The van der Waals surface area contributed by atoms with Gasteiger partial charge in [-0.15, -0.1) is 0 Å². The average molecular weight is 280 g/mol. The maximum atomic E-state index is 12.1. The zero-order valence-electron chi connectivity index (χ0n) is 11.7. The predicted molar refractivity (Wildman–Crippen MR) is 76.1 cm³/mol. The van der Waals surface area contributed by atoms with Gasteiger partial charge in [0.15, 0.2) is 0 Å². The Balaban J connectivity index is 2.94. The van der Waals surface area contributed by atoms with Crippen molar-refractivity contribution in [2.24, 2.45) is 0 Å². The summed E-state index contributed by atoms with van der Waals surface area (Å²) in [7, 11) is 0. The Labute approximate surface area is 118 Å². The van der Waals surface area contributed by atoms with Crippen molar-refractivity contribution in [3.8, 4) is 0 Å². The van der Waals surface area contributed by atoms with E-state index >= 15 is 0 Å². The highest BCUT2D eigenvalue weighted by molar-refractivity contribution is 6.01. The van der Waals surface area contributed by atoms with Gasteiger partial charge >= 0.3 is 12.0 Å². The number of carboxylic acid groups (broad SMARTS) is 1. The van der Waals surface area contributed by atoms with E-state index in [1.54, 1.807) is 25.1 Å². The number of urea groups is 1. The molecule has 0 atom stereocenters. The van der Waals surface area contributed by atoms with Gasteiger partial charge < -0.3 is 20.4 Å². The molecule has 2 amide bonds. The Morgan fingerprint density at radius 2 is 2.00 bits per heavy atom. The van der Waals surface area contributed by atoms with Crippen LogP contribution in [0.5, 0.6) is 0 Å². The normalized spacial score (nSPS) is 10.2. The van der Waals surface area contributed by atoms with E-state index in [9.17, 15) is 14.7 Å². The molecule has 0 saturated heterocycles. The molecule has 0 unspecified atom stereocenters. The Hall–Kier alpha value is -2.08. The molecule has 0 aliphatic carbocycles. The SMILES string of the molecule is CCCN(CCO)C(=O)Nc1cccc(C)c1C(=O)O. The Bertz CT molecular complexity index is 482. The van der Waals surface area contributed by atoms with E-state index in [0.717, 1.165) is 6.42 Å². The van der Waals surface area contributed by atoms with E-state index in [2.05, 4.69) is 5.32 Å². The van der Waals surface area contributed by atoms with Crippen LogP contribution in [0.15, 0.2) is 18.2 Å². The summed E-state index contributed by atoms with van der Waals surface area (Å²) >= 11 is 0. The number of carbonyl (C=O) groups excluding carboxylic acids is 1. The maximum Gasteiger partial charge on any atom is 0.338 e. The van der Waals surface area contributed by atoms with E-state index in [1.165, 1.54) is 4.90 Å². The van der Waals surface area contributed by atoms with E-state index in [1.807, 2.05) is 6.92 Å². The minimum Gasteiger partial charge on any atom is -0.478 e. The fourth-order valence-electron chi connectivity index (χ4n) is 1.96. The van der Waals surface area contributed by atoms with Gasteiger partial charge in [-0.1, -0.05) is 19.1 Å². The van der Waals surface area contributed by atoms with Crippen molar-refractivity contribution in [2.75, 3.05) is 25.0 Å². The highest BCUT2D eigenvalue weighted by Gasteiger charge is 2.17. The largest absolute Gasteiger partial charge is 0.478 e. The molecule has 0 aliphatic heterocycles. The molecule has 0 aromatic heterocycles. The predicted octanol–water partition coefficient (Wildman–Crippen LogP) is 1.93. The number of aromatic carboxylic acids is 1. The van der Waals surface area contributed by atoms with Crippen molar-refractivity contribution < 1.29 is 19.8 Å². The molecule has 1 aromatic carbocycles. The van der Waals surface area contributed by atoms with Crippen LogP contribution in [-0.2, 0) is 0 Å². The summed E-state index contributed by atoms with van der Waals surface area (Å²) in [6.45, 7) is 4.19. The number of nitrogens with zero attached hydrogens (tertiary/aromatic N) is 1. The second-order valence-electron chi connectivity index (χ2n) is 4.44. The van der Waals surface area contributed by atoms with Crippen molar-refractivity contribution in [3.05, 3.63) is 29.3 Å². The average Bonchev–Trinajstić information content (AvgIpc) is 2.38. The summed E-state index contributed by atoms with van der Waals surface area (Å²) < 4.78 is 0. The highest BCUT2D eigenvalue weighted by Crippen LogP contribution is 2.20. The lowest BCUT2D eigenvalue weighted by Gasteiger charge is -2.22. The number of aliphatic hydroxyl groups is 1. The lowest BCUT2D eigenvalue weighted by atomic mass is 10.1. The molecule has 20 heavy (non-hydrogen) atoms. The zero-order valence-corrected chi connectivity index (χ0v) is 11.7. The molecule has 3 N–H and O–H groups in total. The molecular weight excluding hydrogens is 260 g/mol. The number of benzene rings is 1. The molecule has 0 aliphatic rings. The highest BCUT2D eigenvalue weighted by atomic mass is 16.4. The van der Waals surface area contributed by atoms with Crippen LogP contribution in [0.4, 0.5) is 10.5 Å². The van der Waals surface area contributed by atoms with Crippen LogP contribution in [0.2, 0.25) is 0 Å². The quantitative estimate of drug-likeness (QED) is 0.742. The fraction of sp³-hybridized carbons (Fsp3) is 0.429. The Morgan fingerprint density at radius 3 is 2.55 bits per heavy atom. The standard InChI is InChI=1S/C14H20N2O4/c1-3-7-16(8-9-17)14(20)15-11-6-4-5-10(2)12(11)13(18)19/h4-6,17H,3,7-9H2,1-2H3,(H,15,20)(H,18,19). The van der Waals surface area contributed by atoms with E-state index in [-0.39, 0.29) is 24.4 Å². The van der Waals surface area contributed by atoms with Crippen LogP contribution in [0.3, 0.4) is 0 Å². The molecule has 0 saturated carbocycles. The topological polar surface area (TPSA) is 89.9 Å². The molecule has 0 heterocycles. The zero-order chi connectivity index (χ0) is 15.1. The molecule has 6 heteroatoms. The van der Waals surface area contributed by atoms with Crippen LogP contribution in [0.1, 0.15) is 29.3 Å². The molecular formula is C14H20N2O4. The lowest BCUT2D eigenvalue weighted by molar-refractivity contribution is 0.0697. The molecule has 0 spiro atoms. The molecule has 110 valence electrons. The summed E-state index contributed by atoms with van der Waals surface area (Å²) in [5, 5.41) is 20.7. The summed E-state index contributed by atoms with van der Waals surface area (Å²) in [6.07, 6.45) is 0.757. The first kappa shape index (κ1) is 16.0. The van der Waals surface area contributed by atoms with Gasteiger partial charge in [-0.25, -0.2) is 9.59 Å². The smallest absolute Gasteiger partial charge is 0.338 e. The number of rotatable bonds is 6. The Morgan fingerprint density at radius 1 is 1.30 bits per heavy atom. The van der Waals surface area contributed by atoms with Gasteiger partial charge in [0.1, 0.15) is 0 Å². The number of hydrogen-bond acceptors (Lipinski definition) is 3. The molecule has 0 bridgehead atoms.